The van der Waals surface area contributed by atoms with Gasteiger partial charge in [0, 0.05) is 34.3 Å². The minimum Gasteiger partial charge on any atom is -0.388 e. The molecule has 3 N–H and O–H groups in total. The van der Waals surface area contributed by atoms with Gasteiger partial charge in [-0.15, -0.1) is 11.3 Å². The maximum atomic E-state index is 4.50. The quantitative estimate of drug-likeness (QED) is 0.191. The first kappa shape index (κ1) is 32.3. The van der Waals surface area contributed by atoms with Gasteiger partial charge in [0.25, 0.3) is 0 Å². The van der Waals surface area contributed by atoms with Crippen LogP contribution in [0.25, 0.3) is 37.3 Å². The zero-order chi connectivity index (χ0) is 32.8. The maximum absolute atomic E-state index is 4.50. The number of nitrogens with two attached hydrogens (primary N) is 1. The molecule has 3 nitrogen and oxygen atoms in total. The molecule has 2 heterocycles. The van der Waals surface area contributed by atoms with Crippen molar-refractivity contribution in [2.45, 2.75) is 45.1 Å². The van der Waals surface area contributed by atoms with Crippen LogP contribution in [0.15, 0.2) is 139 Å². The molecule has 47 heavy (non-hydrogen) atoms. The minimum absolute atomic E-state index is 0.112. The first-order valence-electron chi connectivity index (χ1n) is 16.9. The molecule has 2 aliphatic carbocycles. The summed E-state index contributed by atoms with van der Waals surface area (Å²) in [7, 11) is 3.53. The lowest BCUT2D eigenvalue weighted by Crippen LogP contribution is -2.20. The van der Waals surface area contributed by atoms with Gasteiger partial charge in [0.2, 0.25) is 0 Å². The van der Waals surface area contributed by atoms with Crippen molar-refractivity contribution >= 4 is 38.0 Å². The average Bonchev–Trinajstić information content (AvgIpc) is 3.71. The molecule has 0 aliphatic heterocycles. The Labute approximate surface area is 283 Å². The fourth-order valence-electron chi connectivity index (χ4n) is 7.30. The summed E-state index contributed by atoms with van der Waals surface area (Å²) in [6.07, 6.45) is 12.6. The zero-order valence-corrected chi connectivity index (χ0v) is 28.7. The van der Waals surface area contributed by atoms with Crippen LogP contribution in [-0.4, -0.2) is 18.7 Å². The summed E-state index contributed by atoms with van der Waals surface area (Å²) in [5, 5.41) is 6.36. The predicted molar refractivity (Wildman–Crippen MR) is 205 cm³/mol. The molecule has 0 spiro atoms. The molecule has 0 amide bonds. The Morgan fingerprint density at radius 1 is 0.809 bits per heavy atom. The Balaban J connectivity index is 0.000000932. The molecule has 4 heteroatoms. The number of aryl methyl sites for hydroxylation is 2. The zero-order valence-electron chi connectivity index (χ0n) is 27.9. The number of nitrogens with zero attached hydrogens (tertiary/aromatic N) is 1. The number of para-hydroxylation sites is 1. The van der Waals surface area contributed by atoms with Gasteiger partial charge in [-0.3, -0.25) is 0 Å². The molecule has 2 aliphatic rings. The van der Waals surface area contributed by atoms with Crippen molar-refractivity contribution in [3.05, 3.63) is 161 Å². The molecule has 0 saturated heterocycles. The van der Waals surface area contributed by atoms with E-state index < -0.39 is 0 Å². The molecule has 2 unspecified atom stereocenters. The number of hydrogen-bond donors (Lipinski definition) is 2. The van der Waals surface area contributed by atoms with Crippen LogP contribution in [0.3, 0.4) is 0 Å². The fraction of sp³-hybridized carbons (Fsp3) is 0.209. The lowest BCUT2D eigenvalue weighted by molar-refractivity contribution is 0.571. The van der Waals surface area contributed by atoms with Crippen molar-refractivity contribution in [2.24, 2.45) is 5.73 Å². The van der Waals surface area contributed by atoms with E-state index in [4.69, 9.17) is 0 Å². The van der Waals surface area contributed by atoms with Crippen LogP contribution in [-0.2, 0) is 12.8 Å². The third-order valence-corrected chi connectivity index (χ3v) is 10.5. The summed E-state index contributed by atoms with van der Waals surface area (Å²) in [6.45, 7) is 4.00. The highest BCUT2D eigenvalue weighted by atomic mass is 32.1. The average molecular weight is 636 g/mol. The second kappa shape index (κ2) is 14.8. The highest BCUT2D eigenvalue weighted by molar-refractivity contribution is 7.22. The van der Waals surface area contributed by atoms with E-state index in [1.165, 1.54) is 66.4 Å². The van der Waals surface area contributed by atoms with E-state index in [0.717, 1.165) is 25.0 Å². The second-order valence-electron chi connectivity index (χ2n) is 11.6. The van der Waals surface area contributed by atoms with Gasteiger partial charge in [-0.05, 0) is 77.7 Å². The number of allylic oxidation sites excluding steroid dienone is 5. The van der Waals surface area contributed by atoms with E-state index in [1.807, 2.05) is 32.2 Å². The van der Waals surface area contributed by atoms with Gasteiger partial charge in [0.15, 0.2) is 0 Å². The molecule has 238 valence electrons. The number of hydrogen-bond acceptors (Lipinski definition) is 3. The molecular formula is C43H45N3S. The SMILES string of the molecule is CC.CN.CN/C(=C\C(C1=CC=CCC1n1c2c(c3ccccc31)CCc1c-2sc2ccccc12)c1ccccc1)c1ccccc1. The molecule has 8 rings (SSSR count). The highest BCUT2D eigenvalue weighted by Gasteiger charge is 2.33. The number of fused-ring (bicyclic) bond motifs is 7. The van der Waals surface area contributed by atoms with E-state index >= 15 is 0 Å². The van der Waals surface area contributed by atoms with Crippen LogP contribution < -0.4 is 11.1 Å². The monoisotopic (exact) mass is 635 g/mol. The number of benzene rings is 4. The van der Waals surface area contributed by atoms with E-state index in [2.05, 4.69) is 149 Å². The van der Waals surface area contributed by atoms with Gasteiger partial charge < -0.3 is 15.6 Å². The maximum Gasteiger partial charge on any atom is 0.0634 e. The predicted octanol–water partition coefficient (Wildman–Crippen LogP) is 10.7. The first-order valence-corrected chi connectivity index (χ1v) is 17.7. The summed E-state index contributed by atoms with van der Waals surface area (Å²) >= 11 is 1.97. The first-order chi connectivity index (χ1) is 23.3. The second-order valence-corrected chi connectivity index (χ2v) is 12.6. The summed E-state index contributed by atoms with van der Waals surface area (Å²) in [5.41, 5.74) is 15.4. The lowest BCUT2D eigenvalue weighted by atomic mass is 9.82. The van der Waals surface area contributed by atoms with Crippen molar-refractivity contribution < 1.29 is 0 Å². The molecule has 0 bridgehead atoms. The van der Waals surface area contributed by atoms with Crippen LogP contribution in [0.5, 0.6) is 0 Å². The van der Waals surface area contributed by atoms with Crippen molar-refractivity contribution in [3.8, 4) is 10.6 Å². The van der Waals surface area contributed by atoms with Gasteiger partial charge in [-0.25, -0.2) is 0 Å². The van der Waals surface area contributed by atoms with Gasteiger partial charge in [-0.1, -0.05) is 129 Å². The number of nitrogens with one attached hydrogen (secondary N) is 1. The van der Waals surface area contributed by atoms with E-state index in [0.29, 0.717) is 0 Å². The highest BCUT2D eigenvalue weighted by Crippen LogP contribution is 2.51. The van der Waals surface area contributed by atoms with Gasteiger partial charge >= 0.3 is 0 Å². The van der Waals surface area contributed by atoms with E-state index in [-0.39, 0.29) is 12.0 Å². The Morgan fingerprint density at radius 2 is 1.45 bits per heavy atom. The molecule has 0 saturated carbocycles. The van der Waals surface area contributed by atoms with Gasteiger partial charge in [0.1, 0.15) is 0 Å². The van der Waals surface area contributed by atoms with Crippen molar-refractivity contribution in [3.63, 3.8) is 0 Å². The lowest BCUT2D eigenvalue weighted by Gasteiger charge is -2.32. The minimum atomic E-state index is 0.112. The number of thiophene rings is 1. The van der Waals surface area contributed by atoms with Crippen LogP contribution >= 0.6 is 11.3 Å². The summed E-state index contributed by atoms with van der Waals surface area (Å²) in [6, 6.07) is 40.0. The topological polar surface area (TPSA) is 43.0 Å². The van der Waals surface area contributed by atoms with Gasteiger partial charge in [0.05, 0.1) is 16.6 Å². The normalized spacial score (nSPS) is 15.8. The largest absolute Gasteiger partial charge is 0.388 e. The van der Waals surface area contributed by atoms with E-state index in [9.17, 15) is 0 Å². The van der Waals surface area contributed by atoms with E-state index in [1.54, 1.807) is 0 Å². The van der Waals surface area contributed by atoms with Crippen molar-refractivity contribution in [2.75, 3.05) is 14.1 Å². The van der Waals surface area contributed by atoms with Crippen LogP contribution in [0.2, 0.25) is 0 Å². The molecule has 0 fully saturated rings. The smallest absolute Gasteiger partial charge is 0.0634 e. The molecule has 4 aromatic carbocycles. The Morgan fingerprint density at radius 3 is 2.19 bits per heavy atom. The van der Waals surface area contributed by atoms with Crippen LogP contribution in [0.1, 0.15) is 54.5 Å². The van der Waals surface area contributed by atoms with Crippen LogP contribution in [0, 0.1) is 0 Å². The summed E-state index contributed by atoms with van der Waals surface area (Å²) < 4.78 is 4.10. The Hall–Kier alpha value is -4.64. The number of rotatable bonds is 6. The standard InChI is InChI=1S/C40H34N2S.C2H6.CH5N/c1-41-35(28-16-6-3-7-17-28)26-34(27-14-4-2-5-15-27)30-19-9-12-22-37(30)42-36-21-11-8-18-29(36)32-24-25-33-31-20-10-13-23-38(31)43-40(33)39(32)42;2*1-2/h2-21,23,26,34,37,41H,22,24-25H2,1H3;1-2H3;2H2,1H3/b35-26-;;. The molecule has 2 aromatic heterocycles. The third kappa shape index (κ3) is 6.00. The Kier molecular flexibility index (Phi) is 10.2. The molecule has 2 atom stereocenters. The Bertz CT molecular complexity index is 2040. The fourth-order valence-corrected chi connectivity index (χ4v) is 8.62. The third-order valence-electron chi connectivity index (χ3n) is 9.24. The van der Waals surface area contributed by atoms with Gasteiger partial charge in [-0.2, -0.15) is 0 Å². The molecule has 6 aromatic rings. The molecule has 0 radical (unpaired) electrons. The molecular weight excluding hydrogens is 591 g/mol. The summed E-state index contributed by atoms with van der Waals surface area (Å²) in [5.74, 6) is 0.112. The number of aromatic nitrogens is 1. The van der Waals surface area contributed by atoms with Crippen molar-refractivity contribution in [1.29, 1.82) is 0 Å². The van der Waals surface area contributed by atoms with Crippen LogP contribution in [0.4, 0.5) is 0 Å². The summed E-state index contributed by atoms with van der Waals surface area (Å²) in [4.78, 5) is 1.46. The van der Waals surface area contributed by atoms with Crippen molar-refractivity contribution in [1.82, 2.24) is 9.88 Å².